The smallest absolute Gasteiger partial charge is 0.302 e. The maximum Gasteiger partial charge on any atom is 0.302 e. The van der Waals surface area contributed by atoms with Gasteiger partial charge in [0.2, 0.25) is 11.8 Å². The fraction of sp³-hybridized carbons (Fsp3) is 0.756. The zero-order valence-electron chi connectivity index (χ0n) is 31.6. The number of hydrogen-bond donors (Lipinski definition) is 0. The van der Waals surface area contributed by atoms with E-state index in [1.165, 1.54) is 51.9 Å². The van der Waals surface area contributed by atoms with Crippen molar-refractivity contribution in [2.75, 3.05) is 4.90 Å². The number of anilines is 1. The molecule has 1 aliphatic heterocycles. The molecule has 4 fully saturated rings. The summed E-state index contributed by atoms with van der Waals surface area (Å²) in [4.78, 5) is 40.5. The molecule has 0 N–H and O–H groups in total. The molecule has 0 saturated heterocycles. The summed E-state index contributed by atoms with van der Waals surface area (Å²) in [5.74, 6) is 3.43. The Morgan fingerprint density at radius 3 is 2.27 bits per heavy atom. The molecule has 1 heterocycles. The average Bonchev–Trinajstić information content (AvgIpc) is 3.57. The van der Waals surface area contributed by atoms with Gasteiger partial charge in [0.05, 0.1) is 5.69 Å². The van der Waals surface area contributed by atoms with Crippen LogP contribution in [0, 0.1) is 59.2 Å². The van der Waals surface area contributed by atoms with Gasteiger partial charge in [0.1, 0.15) is 11.0 Å². The second kappa shape index (κ2) is 13.7. The fourth-order valence-corrected chi connectivity index (χ4v) is 13.8. The molecule has 4 saturated carbocycles. The minimum Gasteiger partial charge on any atom is -0.463 e. The second-order valence-electron chi connectivity index (χ2n) is 17.5. The quantitative estimate of drug-likeness (QED) is 0.266. The Hall–Kier alpha value is -2.35. The molecule has 0 radical (unpaired) electrons. The zero-order valence-corrected chi connectivity index (χ0v) is 32.4. The van der Waals surface area contributed by atoms with Crippen LogP contribution in [0.2, 0.25) is 0 Å². The van der Waals surface area contributed by atoms with Crippen LogP contribution in [-0.2, 0) is 19.1 Å². The predicted molar refractivity (Wildman–Crippen MR) is 199 cm³/mol. The molecular weight excluding hydrogens is 631 g/mol. The lowest BCUT2D eigenvalue weighted by Crippen LogP contribution is -2.66. The van der Waals surface area contributed by atoms with E-state index >= 15 is 0 Å². The number of benzene rings is 1. The predicted octanol–water partition coefficient (Wildman–Crippen LogP) is 9.57. The Kier molecular flexibility index (Phi) is 10.2. The van der Waals surface area contributed by atoms with Gasteiger partial charge in [0.25, 0.3) is 0 Å². The molecule has 5 aliphatic rings. The lowest BCUT2D eigenvalue weighted by Gasteiger charge is -2.66. The van der Waals surface area contributed by atoms with Gasteiger partial charge in [-0.1, -0.05) is 83.3 Å². The van der Waals surface area contributed by atoms with Crippen molar-refractivity contribution in [1.82, 2.24) is 5.01 Å². The SMILES string of the molecule is CC(=O)OC1CCC2(C)C3CCC4(C)C(C(C)CCCC(C)C)CCC4C3C[C@@]3(SC(N(C(C)=O)c4ccc(C)cc4)=NN3C(C)=O)C2C1. The van der Waals surface area contributed by atoms with Crippen molar-refractivity contribution in [3.8, 4) is 0 Å². The molecule has 4 aliphatic carbocycles. The Bertz CT molecular complexity index is 1460. The number of rotatable bonds is 7. The summed E-state index contributed by atoms with van der Waals surface area (Å²) in [6.07, 6.45) is 12.2. The van der Waals surface area contributed by atoms with Crippen molar-refractivity contribution in [2.45, 2.75) is 144 Å². The molecule has 1 aromatic carbocycles. The van der Waals surface area contributed by atoms with Crippen molar-refractivity contribution >= 4 is 40.4 Å². The van der Waals surface area contributed by atoms with Gasteiger partial charge in [-0.2, -0.15) is 0 Å². The monoisotopic (exact) mass is 691 g/mol. The average molecular weight is 692 g/mol. The van der Waals surface area contributed by atoms with E-state index in [0.29, 0.717) is 40.7 Å². The third kappa shape index (κ3) is 6.39. The van der Waals surface area contributed by atoms with Crippen LogP contribution in [-0.4, -0.2) is 38.9 Å². The van der Waals surface area contributed by atoms with Gasteiger partial charge in [-0.05, 0) is 117 Å². The minimum absolute atomic E-state index is 0.0432. The summed E-state index contributed by atoms with van der Waals surface area (Å²) >= 11 is 1.64. The van der Waals surface area contributed by atoms with Crippen LogP contribution in [0.25, 0.3) is 0 Å². The summed E-state index contributed by atoms with van der Waals surface area (Å²) in [5, 5.41) is 7.44. The highest BCUT2D eigenvalue weighted by Gasteiger charge is 2.70. The zero-order chi connectivity index (χ0) is 35.5. The molecule has 270 valence electrons. The lowest BCUT2D eigenvalue weighted by atomic mass is 9.43. The van der Waals surface area contributed by atoms with Crippen molar-refractivity contribution in [1.29, 1.82) is 0 Å². The number of fused-ring (bicyclic) bond motifs is 6. The summed E-state index contributed by atoms with van der Waals surface area (Å²) in [6.45, 7) is 19.0. The normalized spacial score (nSPS) is 37.3. The maximum absolute atomic E-state index is 13.8. The van der Waals surface area contributed by atoms with Gasteiger partial charge in [-0.3, -0.25) is 19.3 Å². The Labute approximate surface area is 299 Å². The van der Waals surface area contributed by atoms with Gasteiger partial charge in [-0.25, -0.2) is 5.01 Å². The first kappa shape index (κ1) is 36.4. The first-order valence-corrected chi connectivity index (χ1v) is 20.1. The van der Waals surface area contributed by atoms with Gasteiger partial charge < -0.3 is 4.74 Å². The van der Waals surface area contributed by atoms with Crippen LogP contribution < -0.4 is 4.90 Å². The highest BCUT2D eigenvalue weighted by Crippen LogP contribution is 2.73. The number of hydrazone groups is 1. The first-order chi connectivity index (χ1) is 23.1. The first-order valence-electron chi connectivity index (χ1n) is 19.2. The van der Waals surface area contributed by atoms with Crippen molar-refractivity contribution < 1.29 is 19.1 Å². The van der Waals surface area contributed by atoms with Crippen molar-refractivity contribution in [2.24, 2.45) is 57.4 Å². The van der Waals surface area contributed by atoms with E-state index in [2.05, 4.69) is 34.6 Å². The number of esters is 1. The summed E-state index contributed by atoms with van der Waals surface area (Å²) in [5.41, 5.74) is 2.13. The second-order valence-corrected chi connectivity index (χ2v) is 18.8. The molecule has 1 spiro atoms. The van der Waals surface area contributed by atoms with Gasteiger partial charge in [0, 0.05) is 26.7 Å². The van der Waals surface area contributed by atoms with Crippen LogP contribution in [0.4, 0.5) is 5.69 Å². The number of amides is 2. The number of nitrogens with zero attached hydrogens (tertiary/aromatic N) is 3. The van der Waals surface area contributed by atoms with Crippen LogP contribution in [0.3, 0.4) is 0 Å². The number of hydrogen-bond acceptors (Lipinski definition) is 6. The number of ether oxygens (including phenoxy) is 1. The highest BCUT2D eigenvalue weighted by molar-refractivity contribution is 8.15. The van der Waals surface area contributed by atoms with Gasteiger partial charge >= 0.3 is 5.97 Å². The van der Waals surface area contributed by atoms with E-state index < -0.39 is 4.87 Å². The molecular formula is C41H61N3O4S. The molecule has 1 aromatic rings. The van der Waals surface area contributed by atoms with E-state index in [1.807, 2.05) is 31.2 Å². The largest absolute Gasteiger partial charge is 0.463 e. The molecule has 6 rings (SSSR count). The van der Waals surface area contributed by atoms with E-state index in [9.17, 15) is 14.4 Å². The van der Waals surface area contributed by atoms with E-state index in [4.69, 9.17) is 9.84 Å². The number of thioether (sulfide) groups is 1. The fourth-order valence-electron chi connectivity index (χ4n) is 12.0. The van der Waals surface area contributed by atoms with Crippen LogP contribution >= 0.6 is 11.8 Å². The standard InChI is InChI=1S/C41H61N3O4S/c1-25(2)11-10-12-27(4)34-17-18-35-33-24-41(37-23-32(48-30(7)47)19-21-40(37,9)36(33)20-22-39(34,35)8)44(29(6)46)42-38(49-41)43(28(5)45)31-15-13-26(3)14-16-31/h13-16,25,27,32-37H,10-12,17-24H2,1-9H3/t27?,32?,33?,34?,35?,36?,37?,39?,40?,41-/m1/s1. The molecule has 0 aromatic heterocycles. The number of carbonyl (C=O) groups is 3. The topological polar surface area (TPSA) is 79.3 Å². The van der Waals surface area contributed by atoms with Crippen LogP contribution in [0.1, 0.15) is 132 Å². The third-order valence-corrected chi connectivity index (χ3v) is 15.5. The number of amidine groups is 1. The molecule has 9 unspecified atom stereocenters. The Balaban J connectivity index is 1.40. The molecule has 2 amide bonds. The Morgan fingerprint density at radius 1 is 0.959 bits per heavy atom. The maximum atomic E-state index is 13.8. The van der Waals surface area contributed by atoms with Gasteiger partial charge in [-0.15, -0.1) is 5.10 Å². The third-order valence-electron chi connectivity index (χ3n) is 14.1. The summed E-state index contributed by atoms with van der Waals surface area (Å²) in [7, 11) is 0. The minimum atomic E-state index is -0.659. The van der Waals surface area contributed by atoms with Crippen LogP contribution in [0.15, 0.2) is 29.4 Å². The van der Waals surface area contributed by atoms with Crippen molar-refractivity contribution in [3.63, 3.8) is 0 Å². The molecule has 10 atom stereocenters. The number of aryl methyl sites for hydroxylation is 1. The Morgan fingerprint density at radius 2 is 1.63 bits per heavy atom. The molecule has 0 bridgehead atoms. The van der Waals surface area contributed by atoms with E-state index in [1.54, 1.807) is 35.5 Å². The summed E-state index contributed by atoms with van der Waals surface area (Å²) < 4.78 is 5.93. The van der Waals surface area contributed by atoms with Crippen molar-refractivity contribution in [3.05, 3.63) is 29.8 Å². The molecule has 7 nitrogen and oxygen atoms in total. The van der Waals surface area contributed by atoms with Crippen LogP contribution in [0.5, 0.6) is 0 Å². The highest BCUT2D eigenvalue weighted by atomic mass is 32.2. The summed E-state index contributed by atoms with van der Waals surface area (Å²) in [6, 6.07) is 7.96. The number of carbonyl (C=O) groups excluding carboxylic acids is 3. The van der Waals surface area contributed by atoms with E-state index in [-0.39, 0.29) is 35.2 Å². The molecule has 8 heteroatoms. The lowest BCUT2D eigenvalue weighted by molar-refractivity contribution is -0.182. The van der Waals surface area contributed by atoms with E-state index in [0.717, 1.165) is 42.3 Å². The van der Waals surface area contributed by atoms with Gasteiger partial charge in [0.15, 0.2) is 5.17 Å². The molecule has 49 heavy (non-hydrogen) atoms.